The highest BCUT2D eigenvalue weighted by atomic mass is 14.9. The van der Waals surface area contributed by atoms with Gasteiger partial charge < -0.3 is 4.57 Å². The van der Waals surface area contributed by atoms with Gasteiger partial charge in [0.25, 0.3) is 0 Å². The van der Waals surface area contributed by atoms with Crippen LogP contribution in [0.5, 0.6) is 0 Å². The largest absolute Gasteiger partial charge is 0.344 e. The van der Waals surface area contributed by atoms with Gasteiger partial charge >= 0.3 is 0 Å². The van der Waals surface area contributed by atoms with Crippen LogP contribution in [0.25, 0.3) is 27.9 Å². The number of benzene rings is 2. The molecule has 0 N–H and O–H groups in total. The van der Waals surface area contributed by atoms with Gasteiger partial charge in [-0.15, -0.1) is 0 Å². The van der Waals surface area contributed by atoms with Gasteiger partial charge in [0.05, 0.1) is 0 Å². The lowest BCUT2D eigenvalue weighted by molar-refractivity contribution is 1.01. The molecule has 90 valence electrons. The van der Waals surface area contributed by atoms with Gasteiger partial charge in [-0.1, -0.05) is 43.3 Å². The fourth-order valence-corrected chi connectivity index (χ4v) is 2.54. The summed E-state index contributed by atoms with van der Waals surface area (Å²) < 4.78 is 2.26. The molecule has 0 aliphatic heterocycles. The van der Waals surface area contributed by atoms with Crippen LogP contribution in [-0.4, -0.2) is 4.57 Å². The molecule has 0 unspecified atom stereocenters. The second-order valence-corrected chi connectivity index (χ2v) is 4.66. The third kappa shape index (κ3) is 1.63. The first-order valence-electron chi connectivity index (χ1n) is 6.45. The van der Waals surface area contributed by atoms with Gasteiger partial charge in [0.1, 0.15) is 0 Å². The summed E-state index contributed by atoms with van der Waals surface area (Å²) in [7, 11) is 2.13. The van der Waals surface area contributed by atoms with E-state index in [1.165, 1.54) is 27.4 Å². The number of hydrogen-bond donors (Lipinski definition) is 0. The molecule has 0 fully saturated rings. The lowest BCUT2D eigenvalue weighted by atomic mass is 10.1. The Hall–Kier alpha value is -2.02. The maximum absolute atomic E-state index is 2.28. The molecule has 0 atom stereocenters. The predicted molar refractivity (Wildman–Crippen MR) is 79.8 cm³/mol. The zero-order chi connectivity index (χ0) is 12.5. The van der Waals surface area contributed by atoms with E-state index >= 15 is 0 Å². The van der Waals surface area contributed by atoms with Crippen molar-refractivity contribution in [2.24, 2.45) is 7.05 Å². The molecule has 1 heterocycles. The van der Waals surface area contributed by atoms with Crippen LogP contribution in [0.3, 0.4) is 0 Å². The average molecular weight is 235 g/mol. The fraction of sp³-hybridized carbons (Fsp3) is 0.176. The molecule has 0 bridgehead atoms. The van der Waals surface area contributed by atoms with Crippen LogP contribution in [-0.2, 0) is 7.05 Å². The van der Waals surface area contributed by atoms with Gasteiger partial charge in [-0.3, -0.25) is 0 Å². The molecule has 1 heteroatoms. The highest BCUT2D eigenvalue weighted by Gasteiger charge is 2.06. The average Bonchev–Trinajstić information content (AvgIpc) is 2.71. The molecule has 0 amide bonds. The van der Waals surface area contributed by atoms with E-state index in [0.29, 0.717) is 0 Å². The van der Waals surface area contributed by atoms with Gasteiger partial charge in [-0.25, -0.2) is 0 Å². The highest BCUT2D eigenvalue weighted by Crippen LogP contribution is 2.28. The first-order valence-corrected chi connectivity index (χ1v) is 6.45. The summed E-state index contributed by atoms with van der Waals surface area (Å²) >= 11 is 0. The topological polar surface area (TPSA) is 4.93 Å². The number of para-hydroxylation sites is 1. The Morgan fingerprint density at radius 2 is 1.78 bits per heavy atom. The summed E-state index contributed by atoms with van der Waals surface area (Å²) in [6.07, 6.45) is 5.47. The minimum Gasteiger partial charge on any atom is -0.344 e. The third-order valence-corrected chi connectivity index (χ3v) is 3.48. The first-order chi connectivity index (χ1) is 8.81. The highest BCUT2D eigenvalue weighted by molar-refractivity contribution is 6.08. The summed E-state index contributed by atoms with van der Waals surface area (Å²) in [5.74, 6) is 0. The minimum atomic E-state index is 1.08. The van der Waals surface area contributed by atoms with E-state index in [2.05, 4.69) is 73.2 Å². The lowest BCUT2D eigenvalue weighted by Crippen LogP contribution is -1.85. The molecule has 0 aliphatic rings. The quantitative estimate of drug-likeness (QED) is 0.603. The van der Waals surface area contributed by atoms with Crippen LogP contribution in [0.15, 0.2) is 48.5 Å². The van der Waals surface area contributed by atoms with Gasteiger partial charge in [0, 0.05) is 28.9 Å². The zero-order valence-corrected chi connectivity index (χ0v) is 10.9. The van der Waals surface area contributed by atoms with Crippen molar-refractivity contribution in [2.45, 2.75) is 13.3 Å². The fourth-order valence-electron chi connectivity index (χ4n) is 2.54. The molecule has 3 rings (SSSR count). The van der Waals surface area contributed by atoms with E-state index < -0.39 is 0 Å². The van der Waals surface area contributed by atoms with Crippen molar-refractivity contribution >= 4 is 27.9 Å². The molecule has 0 saturated heterocycles. The van der Waals surface area contributed by atoms with Crippen molar-refractivity contribution in [3.05, 3.63) is 54.1 Å². The minimum absolute atomic E-state index is 1.08. The second-order valence-electron chi connectivity index (χ2n) is 4.66. The molecule has 0 spiro atoms. The normalized spacial score (nSPS) is 11.9. The maximum atomic E-state index is 2.28. The van der Waals surface area contributed by atoms with Crippen LogP contribution in [0.4, 0.5) is 0 Å². The van der Waals surface area contributed by atoms with E-state index in [4.69, 9.17) is 0 Å². The van der Waals surface area contributed by atoms with Gasteiger partial charge in [-0.2, -0.15) is 0 Å². The number of rotatable bonds is 2. The van der Waals surface area contributed by atoms with Crippen LogP contribution in [0.2, 0.25) is 0 Å². The van der Waals surface area contributed by atoms with Crippen molar-refractivity contribution in [3.8, 4) is 0 Å². The SMILES string of the molecule is CC/C=C/c1ccc2c(c1)c1ccccc1n2C. The standard InChI is InChI=1S/C17H17N/c1-3-4-7-13-10-11-17-15(12-13)14-8-5-6-9-16(14)18(17)2/h4-12H,3H2,1-2H3/b7-4+. The Kier molecular flexibility index (Phi) is 2.67. The van der Waals surface area contributed by atoms with E-state index in [9.17, 15) is 0 Å². The van der Waals surface area contributed by atoms with Gasteiger partial charge in [0.15, 0.2) is 0 Å². The van der Waals surface area contributed by atoms with E-state index in [1.807, 2.05) is 0 Å². The summed E-state index contributed by atoms with van der Waals surface area (Å²) in [6.45, 7) is 2.16. The van der Waals surface area contributed by atoms with Crippen molar-refractivity contribution < 1.29 is 0 Å². The molecule has 0 radical (unpaired) electrons. The number of hydrogen-bond acceptors (Lipinski definition) is 0. The summed E-state index contributed by atoms with van der Waals surface area (Å²) in [5.41, 5.74) is 3.87. The Balaban J connectivity index is 2.33. The van der Waals surface area contributed by atoms with Crippen LogP contribution in [0.1, 0.15) is 18.9 Å². The van der Waals surface area contributed by atoms with Crippen LogP contribution < -0.4 is 0 Å². The van der Waals surface area contributed by atoms with Crippen molar-refractivity contribution in [2.75, 3.05) is 0 Å². The van der Waals surface area contributed by atoms with Crippen molar-refractivity contribution in [1.29, 1.82) is 0 Å². The van der Waals surface area contributed by atoms with Crippen LogP contribution in [0, 0.1) is 0 Å². The maximum Gasteiger partial charge on any atom is 0.0489 e. The molecule has 0 saturated carbocycles. The number of aryl methyl sites for hydroxylation is 1. The summed E-state index contributed by atoms with van der Waals surface area (Å²) in [6, 6.07) is 15.3. The lowest BCUT2D eigenvalue weighted by Gasteiger charge is -1.98. The van der Waals surface area contributed by atoms with Crippen molar-refractivity contribution in [1.82, 2.24) is 4.57 Å². The van der Waals surface area contributed by atoms with E-state index in [1.54, 1.807) is 0 Å². The van der Waals surface area contributed by atoms with E-state index in [0.717, 1.165) is 6.42 Å². The predicted octanol–water partition coefficient (Wildman–Crippen LogP) is 4.75. The van der Waals surface area contributed by atoms with Gasteiger partial charge in [0.2, 0.25) is 0 Å². The second kappa shape index (κ2) is 4.34. The Labute approximate surface area is 107 Å². The number of nitrogens with zero attached hydrogens (tertiary/aromatic N) is 1. The molecular formula is C17H17N. The zero-order valence-electron chi connectivity index (χ0n) is 10.9. The number of allylic oxidation sites excluding steroid dienone is 1. The van der Waals surface area contributed by atoms with Gasteiger partial charge in [-0.05, 0) is 30.2 Å². The molecule has 0 aliphatic carbocycles. The molecule has 3 aromatic rings. The number of fused-ring (bicyclic) bond motifs is 3. The monoisotopic (exact) mass is 235 g/mol. The molecule has 1 aromatic heterocycles. The third-order valence-electron chi connectivity index (χ3n) is 3.48. The first kappa shape index (κ1) is 11.1. The summed E-state index contributed by atoms with van der Waals surface area (Å²) in [4.78, 5) is 0. The molecule has 1 nitrogen and oxygen atoms in total. The Morgan fingerprint density at radius 3 is 2.61 bits per heavy atom. The number of aromatic nitrogens is 1. The Morgan fingerprint density at radius 1 is 1.00 bits per heavy atom. The smallest absolute Gasteiger partial charge is 0.0489 e. The molecule has 2 aromatic carbocycles. The van der Waals surface area contributed by atoms with Crippen LogP contribution >= 0.6 is 0 Å². The molecular weight excluding hydrogens is 218 g/mol. The van der Waals surface area contributed by atoms with Crippen molar-refractivity contribution in [3.63, 3.8) is 0 Å². The summed E-state index contributed by atoms with van der Waals surface area (Å²) in [5, 5.41) is 2.67. The van der Waals surface area contributed by atoms with E-state index in [-0.39, 0.29) is 0 Å². The Bertz CT molecular complexity index is 732. The molecule has 18 heavy (non-hydrogen) atoms.